The van der Waals surface area contributed by atoms with Gasteiger partial charge in [-0.05, 0) is 85.0 Å². The summed E-state index contributed by atoms with van der Waals surface area (Å²) in [5, 5.41) is -1.24. The molecular formula is C44H29N5. The summed E-state index contributed by atoms with van der Waals surface area (Å²) in [5.41, 5.74) is -3.01. The minimum absolute atomic E-state index is 0.0482. The summed E-state index contributed by atoms with van der Waals surface area (Å²) < 4.78 is 203. The molecule has 0 spiro atoms. The quantitative estimate of drug-likeness (QED) is 0.187. The topological polar surface area (TPSA) is 32.1 Å². The number of hydrogen-bond acceptors (Lipinski definition) is 1. The molecule has 0 aliphatic rings. The summed E-state index contributed by atoms with van der Waals surface area (Å²) in [6.07, 6.45) is 0. The Kier molecular flexibility index (Phi) is 2.61. The van der Waals surface area contributed by atoms with Crippen molar-refractivity contribution in [3.63, 3.8) is 0 Å². The highest BCUT2D eigenvalue weighted by Gasteiger charge is 2.21. The van der Waals surface area contributed by atoms with Crippen LogP contribution in [0.2, 0.25) is 0 Å². The van der Waals surface area contributed by atoms with E-state index >= 15 is 0 Å². The standard InChI is InChI=1S/C44H29N5/c1-28-22-24-34-43(26-28)49-42-21-11-8-18-39(42)46(44(49)45-34)29-23-25-38-33(27-29)32-14-4-7-17-37(32)48(38)41-20-10-9-19-40(41)47-35-15-5-2-12-30(35)31-13-3-6-16-36(31)47/h2-27H,1H3/i2D,3D,4D,5D,6D,7D,8D,11D,12D,13D,14D,15D,16D,17D,18D,21D,22D,23D,24D,25D,26D,27D. The van der Waals surface area contributed by atoms with Crippen LogP contribution in [-0.2, 0) is 0 Å². The van der Waals surface area contributed by atoms with Gasteiger partial charge in [0.05, 0.1) is 85.7 Å². The van der Waals surface area contributed by atoms with Crippen LogP contribution < -0.4 is 0 Å². The van der Waals surface area contributed by atoms with Gasteiger partial charge in [0.15, 0.2) is 0 Å². The maximum atomic E-state index is 10.1. The predicted molar refractivity (Wildman–Crippen MR) is 203 cm³/mol. The smallest absolute Gasteiger partial charge is 0.220 e. The van der Waals surface area contributed by atoms with Crippen molar-refractivity contribution >= 4 is 71.5 Å². The van der Waals surface area contributed by atoms with E-state index in [1.165, 1.54) is 44.7 Å². The Morgan fingerprint density at radius 2 is 1.00 bits per heavy atom. The first kappa shape index (κ1) is 13.1. The molecule has 0 bridgehead atoms. The van der Waals surface area contributed by atoms with Gasteiger partial charge in [0.1, 0.15) is 0 Å². The zero-order valence-corrected chi connectivity index (χ0v) is 25.0. The first-order chi connectivity index (χ1) is 33.4. The summed E-state index contributed by atoms with van der Waals surface area (Å²) in [6.45, 7) is 1.42. The van der Waals surface area contributed by atoms with Crippen LogP contribution in [-0.4, -0.2) is 23.1 Å². The molecule has 49 heavy (non-hydrogen) atoms. The van der Waals surface area contributed by atoms with E-state index in [4.69, 9.17) is 23.3 Å². The third-order valence-electron chi connectivity index (χ3n) is 8.59. The van der Waals surface area contributed by atoms with Crippen LogP contribution in [0.3, 0.4) is 0 Å². The van der Waals surface area contributed by atoms with Crippen molar-refractivity contribution in [1.29, 1.82) is 0 Å². The fourth-order valence-corrected chi connectivity index (χ4v) is 6.63. The minimum atomic E-state index is -0.798. The van der Waals surface area contributed by atoms with Gasteiger partial charge in [-0.25, -0.2) is 4.98 Å². The summed E-state index contributed by atoms with van der Waals surface area (Å²) in [6, 6.07) is -8.49. The Morgan fingerprint density at radius 3 is 1.63 bits per heavy atom. The van der Waals surface area contributed by atoms with Gasteiger partial charge >= 0.3 is 0 Å². The molecule has 0 fully saturated rings. The maximum Gasteiger partial charge on any atom is 0.220 e. The molecule has 7 aromatic carbocycles. The second kappa shape index (κ2) is 9.72. The van der Waals surface area contributed by atoms with Crippen molar-refractivity contribution in [2.24, 2.45) is 0 Å². The van der Waals surface area contributed by atoms with Crippen molar-refractivity contribution in [3.8, 4) is 17.1 Å². The molecule has 0 saturated heterocycles. The van der Waals surface area contributed by atoms with Crippen molar-refractivity contribution < 1.29 is 30.2 Å². The van der Waals surface area contributed by atoms with E-state index in [0.29, 0.717) is 0 Å². The van der Waals surface area contributed by atoms with Crippen LogP contribution in [0, 0.1) is 6.92 Å². The number of fused-ring (bicyclic) bond motifs is 11. The molecule has 0 aliphatic heterocycles. The third kappa shape index (κ3) is 3.56. The van der Waals surface area contributed by atoms with Gasteiger partial charge in [0.25, 0.3) is 0 Å². The Hall–Kier alpha value is -6.59. The summed E-state index contributed by atoms with van der Waals surface area (Å²) in [4.78, 5) is 4.58. The van der Waals surface area contributed by atoms with Gasteiger partial charge in [-0.2, -0.15) is 0 Å². The number of benzene rings is 7. The first-order valence-electron chi connectivity index (χ1n) is 26.0. The van der Waals surface area contributed by atoms with E-state index in [1.54, 1.807) is 0 Å². The molecule has 0 N–H and O–H groups in total. The van der Waals surface area contributed by atoms with E-state index < -0.39 is 127 Å². The van der Waals surface area contributed by atoms with Crippen LogP contribution in [0.25, 0.3) is 88.5 Å². The lowest BCUT2D eigenvalue weighted by molar-refractivity contribution is 1.09. The Balaban J connectivity index is 1.38. The highest BCUT2D eigenvalue weighted by atomic mass is 15.2. The van der Waals surface area contributed by atoms with E-state index in [-0.39, 0.29) is 100 Å². The van der Waals surface area contributed by atoms with Crippen molar-refractivity contribution in [3.05, 3.63) is 163 Å². The van der Waals surface area contributed by atoms with Gasteiger partial charge in [0, 0.05) is 27.2 Å². The molecule has 0 unspecified atom stereocenters. The van der Waals surface area contributed by atoms with Gasteiger partial charge in [-0.15, -0.1) is 0 Å². The zero-order valence-electron chi connectivity index (χ0n) is 47.0. The van der Waals surface area contributed by atoms with Crippen LogP contribution in [0.15, 0.2) is 157 Å². The SMILES string of the molecule is [2H]c1c(C)c([2H])c2c(nc3n(-c4c([2H])c([2H])c5c(c4[2H])c4c([2H])c([2H])c([2H])c([2H])c4n5-c4ccccc4-n4c5c([2H])c([2H])c([2H])c([2H])c5c5c([2H])c([2H])c([2H])c([2H])c54)c4c([2H])c([2H])c([2H])c([2H])c4n23)c1[2H]. The zero-order chi connectivity index (χ0) is 51.4. The second-order valence-corrected chi connectivity index (χ2v) is 11.3. The molecular weight excluding hydrogens is 599 g/mol. The summed E-state index contributed by atoms with van der Waals surface area (Å²) in [7, 11) is 0. The Bertz CT molecular complexity index is 4310. The number of para-hydroxylation sites is 7. The minimum Gasteiger partial charge on any atom is -0.307 e. The number of aromatic nitrogens is 5. The molecule has 5 heteroatoms. The van der Waals surface area contributed by atoms with Gasteiger partial charge < -0.3 is 9.13 Å². The van der Waals surface area contributed by atoms with Gasteiger partial charge in [-0.1, -0.05) is 84.6 Å². The molecule has 0 saturated carbocycles. The molecule has 5 nitrogen and oxygen atoms in total. The molecule has 4 heterocycles. The van der Waals surface area contributed by atoms with Gasteiger partial charge in [-0.3, -0.25) is 8.97 Å². The fourth-order valence-electron chi connectivity index (χ4n) is 6.63. The van der Waals surface area contributed by atoms with E-state index in [1.807, 2.05) is 0 Å². The van der Waals surface area contributed by atoms with Crippen LogP contribution in [0.4, 0.5) is 0 Å². The normalized spacial score (nSPS) is 18.5. The molecule has 11 aromatic rings. The molecule has 0 amide bonds. The molecule has 4 aromatic heterocycles. The lowest BCUT2D eigenvalue weighted by Gasteiger charge is -2.16. The third-order valence-corrected chi connectivity index (χ3v) is 8.59. The lowest BCUT2D eigenvalue weighted by atomic mass is 10.1. The van der Waals surface area contributed by atoms with Crippen LogP contribution in [0.1, 0.15) is 35.7 Å². The average molecular weight is 650 g/mol. The molecule has 0 aliphatic carbocycles. The van der Waals surface area contributed by atoms with Crippen LogP contribution >= 0.6 is 0 Å². The van der Waals surface area contributed by atoms with E-state index in [0.717, 1.165) is 4.57 Å². The Morgan fingerprint density at radius 1 is 0.469 bits per heavy atom. The van der Waals surface area contributed by atoms with Crippen molar-refractivity contribution in [2.45, 2.75) is 6.92 Å². The van der Waals surface area contributed by atoms with Gasteiger partial charge in [0.2, 0.25) is 5.78 Å². The highest BCUT2D eigenvalue weighted by Crippen LogP contribution is 2.39. The highest BCUT2D eigenvalue weighted by molar-refractivity contribution is 6.12. The Labute approximate surface area is 312 Å². The monoisotopic (exact) mass is 649 g/mol. The van der Waals surface area contributed by atoms with Crippen molar-refractivity contribution in [2.75, 3.05) is 0 Å². The molecule has 0 atom stereocenters. The number of imidazole rings is 2. The number of nitrogens with zero attached hydrogens (tertiary/aromatic N) is 5. The molecule has 230 valence electrons. The second-order valence-electron chi connectivity index (χ2n) is 11.3. The van der Waals surface area contributed by atoms with Crippen molar-refractivity contribution in [1.82, 2.24) is 23.1 Å². The number of hydrogen-bond donors (Lipinski definition) is 0. The maximum absolute atomic E-state index is 10.1. The van der Waals surface area contributed by atoms with Crippen LogP contribution in [0.5, 0.6) is 0 Å². The van der Waals surface area contributed by atoms with E-state index in [2.05, 4.69) is 4.98 Å². The lowest BCUT2D eigenvalue weighted by Crippen LogP contribution is -2.03. The summed E-state index contributed by atoms with van der Waals surface area (Å²) >= 11 is 0. The number of rotatable bonds is 3. The molecule has 11 rings (SSSR count). The summed E-state index contributed by atoms with van der Waals surface area (Å²) in [5.74, 6) is -0.341. The van der Waals surface area contributed by atoms with E-state index in [9.17, 15) is 6.85 Å². The largest absolute Gasteiger partial charge is 0.307 e. The first-order valence-corrected chi connectivity index (χ1v) is 15.0. The average Bonchev–Trinajstić information content (AvgIpc) is 4.11. The fraction of sp³-hybridized carbons (Fsp3) is 0.0227. The molecule has 0 radical (unpaired) electrons. The predicted octanol–water partition coefficient (Wildman–Crippen LogP) is 10.9.